The first-order chi connectivity index (χ1) is 10.3. The predicted octanol–water partition coefficient (Wildman–Crippen LogP) is 3.56. The summed E-state index contributed by atoms with van der Waals surface area (Å²) in [6.07, 6.45) is 5.96. The van der Waals surface area contributed by atoms with Gasteiger partial charge in [-0.2, -0.15) is 0 Å². The van der Waals surface area contributed by atoms with E-state index in [4.69, 9.17) is 26.8 Å². The Hall–Kier alpha value is -0.770. The van der Waals surface area contributed by atoms with E-state index in [2.05, 4.69) is 6.07 Å². The highest BCUT2D eigenvalue weighted by molar-refractivity contribution is 6.32. The molecule has 2 aliphatic carbocycles. The van der Waals surface area contributed by atoms with Crippen molar-refractivity contribution in [1.29, 1.82) is 0 Å². The van der Waals surface area contributed by atoms with Crippen molar-refractivity contribution in [2.45, 2.75) is 38.7 Å². The highest BCUT2D eigenvalue weighted by atomic mass is 35.5. The molecule has 0 aromatic heterocycles. The van der Waals surface area contributed by atoms with Gasteiger partial charge in [-0.1, -0.05) is 11.6 Å². The van der Waals surface area contributed by atoms with Crippen LogP contribution in [-0.2, 0) is 17.8 Å². The van der Waals surface area contributed by atoms with Gasteiger partial charge < -0.3 is 15.2 Å². The average Bonchev–Trinajstić information content (AvgIpc) is 3.33. The molecule has 3 rings (SSSR count). The van der Waals surface area contributed by atoms with E-state index in [9.17, 15) is 0 Å². The van der Waals surface area contributed by atoms with Gasteiger partial charge in [-0.05, 0) is 73.7 Å². The molecule has 0 radical (unpaired) electrons. The summed E-state index contributed by atoms with van der Waals surface area (Å²) in [6.45, 7) is 2.86. The molecule has 0 aliphatic heterocycles. The van der Waals surface area contributed by atoms with Gasteiger partial charge in [0.1, 0.15) is 5.75 Å². The minimum absolute atomic E-state index is 0.600. The fraction of sp³-hybridized carbons (Fsp3) is 0.647. The molecule has 0 heterocycles. The number of hydrogen-bond acceptors (Lipinski definition) is 3. The van der Waals surface area contributed by atoms with Crippen LogP contribution in [0.5, 0.6) is 5.75 Å². The summed E-state index contributed by atoms with van der Waals surface area (Å²) in [6, 6.07) is 4.10. The Bertz CT molecular complexity index is 484. The van der Waals surface area contributed by atoms with Gasteiger partial charge in [0.15, 0.2) is 0 Å². The van der Waals surface area contributed by atoms with E-state index < -0.39 is 0 Å². The van der Waals surface area contributed by atoms with E-state index in [1.54, 1.807) is 0 Å². The van der Waals surface area contributed by atoms with Crippen LogP contribution >= 0.6 is 11.6 Å². The quantitative estimate of drug-likeness (QED) is 0.758. The Kier molecular flexibility index (Phi) is 5.04. The predicted molar refractivity (Wildman–Crippen MR) is 84.8 cm³/mol. The lowest BCUT2D eigenvalue weighted by Gasteiger charge is -2.15. The van der Waals surface area contributed by atoms with Gasteiger partial charge in [-0.15, -0.1) is 0 Å². The smallest absolute Gasteiger partial charge is 0.141 e. The van der Waals surface area contributed by atoms with Crippen LogP contribution in [-0.4, -0.2) is 19.8 Å². The summed E-state index contributed by atoms with van der Waals surface area (Å²) < 4.78 is 11.7. The lowest BCUT2D eigenvalue weighted by atomic mass is 10.1. The molecule has 3 nitrogen and oxygen atoms in total. The molecule has 2 saturated carbocycles. The second-order valence-corrected chi connectivity index (χ2v) is 6.72. The molecule has 4 heteroatoms. The van der Waals surface area contributed by atoms with Crippen LogP contribution in [0.3, 0.4) is 0 Å². The molecule has 2 aliphatic rings. The van der Waals surface area contributed by atoms with Crippen LogP contribution in [0.15, 0.2) is 12.1 Å². The zero-order valence-corrected chi connectivity index (χ0v) is 13.2. The Morgan fingerprint density at radius 2 is 1.81 bits per heavy atom. The summed E-state index contributed by atoms with van der Waals surface area (Å²) >= 11 is 6.41. The summed E-state index contributed by atoms with van der Waals surface area (Å²) in [5, 5.41) is 0.687. The fourth-order valence-corrected chi connectivity index (χ4v) is 2.73. The maximum absolute atomic E-state index is 6.41. The van der Waals surface area contributed by atoms with Crippen molar-refractivity contribution in [3.05, 3.63) is 28.3 Å². The van der Waals surface area contributed by atoms with E-state index in [1.807, 2.05) is 6.07 Å². The van der Waals surface area contributed by atoms with Gasteiger partial charge >= 0.3 is 0 Å². The maximum atomic E-state index is 6.41. The van der Waals surface area contributed by atoms with Crippen molar-refractivity contribution in [1.82, 2.24) is 0 Å². The molecule has 0 spiro atoms. The van der Waals surface area contributed by atoms with Crippen molar-refractivity contribution in [2.24, 2.45) is 17.6 Å². The molecule has 0 saturated heterocycles. The Balaban J connectivity index is 1.65. The van der Waals surface area contributed by atoms with Crippen molar-refractivity contribution in [2.75, 3.05) is 19.8 Å². The number of benzene rings is 1. The van der Waals surface area contributed by atoms with E-state index >= 15 is 0 Å². The molecule has 0 bridgehead atoms. The minimum atomic E-state index is 0.600. The van der Waals surface area contributed by atoms with Crippen LogP contribution in [0.1, 0.15) is 36.8 Å². The molecular weight excluding hydrogens is 286 g/mol. The molecule has 1 aromatic rings. The molecule has 2 N–H and O–H groups in total. The van der Waals surface area contributed by atoms with Crippen LogP contribution < -0.4 is 10.5 Å². The molecule has 116 valence electrons. The van der Waals surface area contributed by atoms with E-state index in [0.717, 1.165) is 42.4 Å². The molecule has 0 atom stereocenters. The third kappa shape index (κ3) is 4.60. The maximum Gasteiger partial charge on any atom is 0.141 e. The van der Waals surface area contributed by atoms with Crippen LogP contribution in [0, 0.1) is 11.8 Å². The van der Waals surface area contributed by atoms with Gasteiger partial charge in [0.2, 0.25) is 0 Å². The van der Waals surface area contributed by atoms with Crippen LogP contribution in [0.4, 0.5) is 0 Å². The summed E-state index contributed by atoms with van der Waals surface area (Å²) in [4.78, 5) is 0. The molecule has 0 unspecified atom stereocenters. The third-order valence-electron chi connectivity index (χ3n) is 4.07. The van der Waals surface area contributed by atoms with Gasteiger partial charge in [-0.3, -0.25) is 0 Å². The molecule has 0 amide bonds. The summed E-state index contributed by atoms with van der Waals surface area (Å²) in [7, 11) is 0. The average molecular weight is 310 g/mol. The molecule has 1 aromatic carbocycles. The minimum Gasteiger partial charge on any atom is -0.491 e. The Labute approximate surface area is 131 Å². The monoisotopic (exact) mass is 309 g/mol. The largest absolute Gasteiger partial charge is 0.491 e. The zero-order chi connectivity index (χ0) is 14.7. The van der Waals surface area contributed by atoms with E-state index in [1.165, 1.54) is 25.7 Å². The normalized spacial score (nSPS) is 18.0. The molecular formula is C17H24ClNO2. The lowest BCUT2D eigenvalue weighted by molar-refractivity contribution is 0.111. The van der Waals surface area contributed by atoms with Gasteiger partial charge in [-0.25, -0.2) is 0 Å². The number of halogens is 1. The molecule has 2 fully saturated rings. The summed E-state index contributed by atoms with van der Waals surface area (Å²) in [5.74, 6) is 2.32. The SMILES string of the molecule is NCCc1cc(COCC2CC2)cc(Cl)c1OCC1CC1. The summed E-state index contributed by atoms with van der Waals surface area (Å²) in [5.41, 5.74) is 7.94. The first kappa shape index (κ1) is 15.1. The van der Waals surface area contributed by atoms with Crippen molar-refractivity contribution < 1.29 is 9.47 Å². The highest BCUT2D eigenvalue weighted by Crippen LogP contribution is 2.35. The van der Waals surface area contributed by atoms with E-state index in [0.29, 0.717) is 24.1 Å². The highest BCUT2D eigenvalue weighted by Gasteiger charge is 2.23. The first-order valence-electron chi connectivity index (χ1n) is 7.98. The fourth-order valence-electron chi connectivity index (χ4n) is 2.41. The molecule has 21 heavy (non-hydrogen) atoms. The Morgan fingerprint density at radius 3 is 2.48 bits per heavy atom. The number of rotatable bonds is 9. The van der Waals surface area contributed by atoms with Crippen molar-refractivity contribution >= 4 is 11.6 Å². The number of nitrogens with two attached hydrogens (primary N) is 1. The van der Waals surface area contributed by atoms with Gasteiger partial charge in [0.05, 0.1) is 18.2 Å². The first-order valence-corrected chi connectivity index (χ1v) is 8.36. The number of hydrogen-bond donors (Lipinski definition) is 1. The van der Waals surface area contributed by atoms with Crippen LogP contribution in [0.25, 0.3) is 0 Å². The van der Waals surface area contributed by atoms with Gasteiger partial charge in [0.25, 0.3) is 0 Å². The van der Waals surface area contributed by atoms with Crippen LogP contribution in [0.2, 0.25) is 5.02 Å². The van der Waals surface area contributed by atoms with Crippen molar-refractivity contribution in [3.8, 4) is 5.75 Å². The standard InChI is InChI=1S/C17H24ClNO2/c18-16-8-14(10-20-9-12-1-2-12)7-15(5-6-19)17(16)21-11-13-3-4-13/h7-8,12-13H,1-6,9-11,19H2. The third-order valence-corrected chi connectivity index (χ3v) is 4.35. The van der Waals surface area contributed by atoms with Crippen molar-refractivity contribution in [3.63, 3.8) is 0 Å². The Morgan fingerprint density at radius 1 is 1.10 bits per heavy atom. The second-order valence-electron chi connectivity index (χ2n) is 6.32. The number of ether oxygens (including phenoxy) is 2. The van der Waals surface area contributed by atoms with E-state index in [-0.39, 0.29) is 0 Å². The lowest BCUT2D eigenvalue weighted by Crippen LogP contribution is -2.08. The topological polar surface area (TPSA) is 44.5 Å². The second kappa shape index (κ2) is 6.99. The zero-order valence-electron chi connectivity index (χ0n) is 12.4. The van der Waals surface area contributed by atoms with Gasteiger partial charge in [0, 0.05) is 6.61 Å².